The number of nitrogens with zero attached hydrogens (tertiary/aromatic N) is 3. The zero-order valence-corrected chi connectivity index (χ0v) is 17.7. The fourth-order valence-corrected chi connectivity index (χ4v) is 3.42. The third kappa shape index (κ3) is 6.33. The summed E-state index contributed by atoms with van der Waals surface area (Å²) >= 11 is 1.04. The molecular formula is C21H19F3N4O3S. The molecule has 0 saturated heterocycles. The first kappa shape index (κ1) is 23.3. The minimum absolute atomic E-state index is 0.212. The van der Waals surface area contributed by atoms with E-state index in [9.17, 15) is 22.8 Å². The van der Waals surface area contributed by atoms with Crippen molar-refractivity contribution in [3.63, 3.8) is 0 Å². The molecular weight excluding hydrogens is 445 g/mol. The van der Waals surface area contributed by atoms with Crippen molar-refractivity contribution in [3.05, 3.63) is 60.7 Å². The molecule has 3 aromatic rings. The van der Waals surface area contributed by atoms with Gasteiger partial charge in [0.05, 0.1) is 5.75 Å². The minimum Gasteiger partial charge on any atom is -0.452 e. The molecule has 1 atom stereocenters. The zero-order valence-electron chi connectivity index (χ0n) is 16.9. The topological polar surface area (TPSA) is 86.1 Å². The Balaban J connectivity index is 1.69. The average molecular weight is 464 g/mol. The molecule has 32 heavy (non-hydrogen) atoms. The third-order valence-corrected chi connectivity index (χ3v) is 5.04. The van der Waals surface area contributed by atoms with Gasteiger partial charge in [0.25, 0.3) is 5.91 Å². The Labute approximate surface area is 186 Å². The molecule has 0 aliphatic carbocycles. The fourth-order valence-electron chi connectivity index (χ4n) is 2.69. The maximum absolute atomic E-state index is 12.2. The van der Waals surface area contributed by atoms with Crippen LogP contribution >= 0.6 is 11.8 Å². The van der Waals surface area contributed by atoms with Crippen molar-refractivity contribution in [2.75, 3.05) is 12.3 Å². The van der Waals surface area contributed by atoms with Gasteiger partial charge >= 0.3 is 12.1 Å². The Kier molecular flexibility index (Phi) is 7.52. The molecule has 1 aromatic heterocycles. The summed E-state index contributed by atoms with van der Waals surface area (Å²) in [6.07, 6.45) is -5.91. The summed E-state index contributed by atoms with van der Waals surface area (Å²) < 4.78 is 43.4. The van der Waals surface area contributed by atoms with Gasteiger partial charge in [-0.2, -0.15) is 13.2 Å². The minimum atomic E-state index is -4.55. The van der Waals surface area contributed by atoms with E-state index in [4.69, 9.17) is 4.74 Å². The van der Waals surface area contributed by atoms with Crippen LogP contribution in [-0.4, -0.2) is 51.2 Å². The molecule has 2 aromatic carbocycles. The number of hydrogen-bond donors (Lipinski definition) is 1. The van der Waals surface area contributed by atoms with Crippen molar-refractivity contribution < 1.29 is 27.5 Å². The van der Waals surface area contributed by atoms with Crippen LogP contribution in [-0.2, 0) is 14.3 Å². The van der Waals surface area contributed by atoms with Gasteiger partial charge in [-0.25, -0.2) is 0 Å². The van der Waals surface area contributed by atoms with E-state index in [1.807, 2.05) is 60.7 Å². The number of carbonyl (C=O) groups excluding carboxylic acids is 2. The van der Waals surface area contributed by atoms with Crippen molar-refractivity contribution in [2.24, 2.45) is 0 Å². The summed E-state index contributed by atoms with van der Waals surface area (Å²) in [6, 6.07) is 18.7. The molecule has 0 spiro atoms. The second kappa shape index (κ2) is 10.3. The largest absolute Gasteiger partial charge is 0.452 e. The van der Waals surface area contributed by atoms with Gasteiger partial charge in [-0.3, -0.25) is 14.2 Å². The standard InChI is InChI=1S/C21H19F3N4O3S/c1-14(19(30)25-13-21(22,23)24)31-17(29)12-32-20-27-26-18(15-8-4-2-5-9-15)28(20)16-10-6-3-7-11-16/h2-11,14H,12-13H2,1H3,(H,25,30). The van der Waals surface area contributed by atoms with Crippen LogP contribution in [0.1, 0.15) is 6.92 Å². The predicted octanol–water partition coefficient (Wildman–Crippen LogP) is 3.64. The number of aromatic nitrogens is 3. The van der Waals surface area contributed by atoms with Gasteiger partial charge in [0.1, 0.15) is 6.54 Å². The predicted molar refractivity (Wildman–Crippen MR) is 112 cm³/mol. The molecule has 7 nitrogen and oxygen atoms in total. The SMILES string of the molecule is CC(OC(=O)CSc1nnc(-c2ccccc2)n1-c1ccccc1)C(=O)NCC(F)(F)F. The van der Waals surface area contributed by atoms with Crippen LogP contribution in [0.3, 0.4) is 0 Å². The Hall–Kier alpha value is -3.34. The summed E-state index contributed by atoms with van der Waals surface area (Å²) in [6.45, 7) is -0.292. The van der Waals surface area contributed by atoms with E-state index < -0.39 is 30.7 Å². The van der Waals surface area contributed by atoms with Crippen molar-refractivity contribution in [1.29, 1.82) is 0 Å². The number of ether oxygens (including phenoxy) is 1. The summed E-state index contributed by atoms with van der Waals surface area (Å²) in [7, 11) is 0. The molecule has 1 heterocycles. The van der Waals surface area contributed by atoms with Crippen molar-refractivity contribution in [1.82, 2.24) is 20.1 Å². The highest BCUT2D eigenvalue weighted by atomic mass is 32.2. The third-order valence-electron chi connectivity index (χ3n) is 4.14. The summed E-state index contributed by atoms with van der Waals surface area (Å²) in [4.78, 5) is 23.8. The first-order chi connectivity index (χ1) is 15.2. The highest BCUT2D eigenvalue weighted by Gasteiger charge is 2.29. The van der Waals surface area contributed by atoms with Crippen LogP contribution in [0.25, 0.3) is 17.1 Å². The molecule has 0 fully saturated rings. The van der Waals surface area contributed by atoms with E-state index in [2.05, 4.69) is 10.2 Å². The molecule has 1 N–H and O–H groups in total. The molecule has 0 saturated carbocycles. The van der Waals surface area contributed by atoms with E-state index in [-0.39, 0.29) is 5.75 Å². The van der Waals surface area contributed by atoms with Gasteiger partial charge in [-0.15, -0.1) is 10.2 Å². The Morgan fingerprint density at radius 3 is 2.31 bits per heavy atom. The smallest absolute Gasteiger partial charge is 0.405 e. The Morgan fingerprint density at radius 2 is 1.69 bits per heavy atom. The van der Waals surface area contributed by atoms with Gasteiger partial charge in [0.15, 0.2) is 17.1 Å². The number of para-hydroxylation sites is 1. The maximum atomic E-state index is 12.2. The fraction of sp³-hybridized carbons (Fsp3) is 0.238. The van der Waals surface area contributed by atoms with Crippen molar-refractivity contribution in [3.8, 4) is 17.1 Å². The quantitative estimate of drug-likeness (QED) is 0.405. The number of alkyl halides is 3. The number of rotatable bonds is 8. The lowest BCUT2D eigenvalue weighted by atomic mass is 10.2. The first-order valence-corrected chi connectivity index (χ1v) is 10.5. The zero-order chi connectivity index (χ0) is 23.1. The lowest BCUT2D eigenvalue weighted by molar-refractivity contribution is -0.155. The summed E-state index contributed by atoms with van der Waals surface area (Å²) in [5, 5.41) is 10.5. The number of halogens is 3. The van der Waals surface area contributed by atoms with Crippen LogP contribution in [0.5, 0.6) is 0 Å². The highest BCUT2D eigenvalue weighted by molar-refractivity contribution is 7.99. The van der Waals surface area contributed by atoms with E-state index in [0.717, 1.165) is 23.0 Å². The van der Waals surface area contributed by atoms with E-state index in [0.29, 0.717) is 11.0 Å². The second-order valence-electron chi connectivity index (χ2n) is 6.60. The number of esters is 1. The molecule has 3 rings (SSSR count). The second-order valence-corrected chi connectivity index (χ2v) is 7.54. The molecule has 0 aliphatic rings. The van der Waals surface area contributed by atoms with Gasteiger partial charge in [0, 0.05) is 11.3 Å². The van der Waals surface area contributed by atoms with Gasteiger partial charge in [-0.1, -0.05) is 60.3 Å². The van der Waals surface area contributed by atoms with Gasteiger partial charge in [-0.05, 0) is 19.1 Å². The Morgan fingerprint density at radius 1 is 1.06 bits per heavy atom. The number of amides is 1. The molecule has 11 heteroatoms. The maximum Gasteiger partial charge on any atom is 0.405 e. The molecule has 0 radical (unpaired) electrons. The summed E-state index contributed by atoms with van der Waals surface area (Å²) in [5.41, 5.74) is 1.61. The number of hydrogen-bond acceptors (Lipinski definition) is 6. The van der Waals surface area contributed by atoms with Crippen LogP contribution < -0.4 is 5.32 Å². The summed E-state index contributed by atoms with van der Waals surface area (Å²) in [5.74, 6) is -1.43. The highest BCUT2D eigenvalue weighted by Crippen LogP contribution is 2.28. The molecule has 1 unspecified atom stereocenters. The van der Waals surface area contributed by atoms with E-state index in [1.165, 1.54) is 6.92 Å². The average Bonchev–Trinajstić information content (AvgIpc) is 3.20. The number of nitrogens with one attached hydrogen (secondary N) is 1. The lowest BCUT2D eigenvalue weighted by Gasteiger charge is -2.14. The van der Waals surface area contributed by atoms with Crippen LogP contribution in [0.4, 0.5) is 13.2 Å². The number of benzene rings is 2. The molecule has 168 valence electrons. The molecule has 1 amide bonds. The Bertz CT molecular complexity index is 1060. The normalized spacial score (nSPS) is 12.2. The van der Waals surface area contributed by atoms with E-state index >= 15 is 0 Å². The van der Waals surface area contributed by atoms with Crippen molar-refractivity contribution in [2.45, 2.75) is 24.4 Å². The first-order valence-electron chi connectivity index (χ1n) is 9.47. The monoisotopic (exact) mass is 464 g/mol. The van der Waals surface area contributed by atoms with Crippen LogP contribution in [0, 0.1) is 0 Å². The van der Waals surface area contributed by atoms with Crippen LogP contribution in [0.15, 0.2) is 65.8 Å². The molecule has 0 bridgehead atoms. The van der Waals surface area contributed by atoms with Crippen molar-refractivity contribution >= 4 is 23.6 Å². The van der Waals surface area contributed by atoms with Gasteiger partial charge < -0.3 is 10.1 Å². The number of thioether (sulfide) groups is 1. The molecule has 0 aliphatic heterocycles. The van der Waals surface area contributed by atoms with Crippen LogP contribution in [0.2, 0.25) is 0 Å². The van der Waals surface area contributed by atoms with E-state index in [1.54, 1.807) is 9.88 Å². The van der Waals surface area contributed by atoms with Gasteiger partial charge in [0.2, 0.25) is 0 Å². The lowest BCUT2D eigenvalue weighted by Crippen LogP contribution is -2.41. The number of carbonyl (C=O) groups is 2.